The zero-order valence-electron chi connectivity index (χ0n) is 12.9. The van der Waals surface area contributed by atoms with Crippen molar-refractivity contribution >= 4 is 5.69 Å². The second-order valence-corrected chi connectivity index (χ2v) is 6.61. The molecule has 24 heavy (non-hydrogen) atoms. The molecule has 3 aliphatic rings. The largest absolute Gasteiger partial charge is 0.508 e. The molecule has 0 radical (unpaired) electrons. The lowest BCUT2D eigenvalue weighted by atomic mass is 9.76. The van der Waals surface area contributed by atoms with Crippen molar-refractivity contribution in [2.75, 3.05) is 11.9 Å². The Labute approximate surface area is 137 Å². The highest BCUT2D eigenvalue weighted by molar-refractivity contribution is 5.58. The van der Waals surface area contributed by atoms with Crippen molar-refractivity contribution in [3.63, 3.8) is 0 Å². The van der Waals surface area contributed by atoms with Crippen molar-refractivity contribution < 1.29 is 23.0 Å². The van der Waals surface area contributed by atoms with E-state index < -0.39 is 11.7 Å². The summed E-state index contributed by atoms with van der Waals surface area (Å²) in [7, 11) is 0. The van der Waals surface area contributed by atoms with Crippen LogP contribution in [0.25, 0.3) is 0 Å². The van der Waals surface area contributed by atoms with Gasteiger partial charge < -0.3 is 15.2 Å². The van der Waals surface area contributed by atoms with Crippen LogP contribution in [0.1, 0.15) is 30.1 Å². The van der Waals surface area contributed by atoms with Crippen molar-refractivity contribution in [2.24, 2.45) is 11.8 Å². The summed E-state index contributed by atoms with van der Waals surface area (Å²) in [6.45, 7) is 0.543. The van der Waals surface area contributed by atoms with E-state index in [0.29, 0.717) is 17.9 Å². The first-order valence-electron chi connectivity index (χ1n) is 8.10. The summed E-state index contributed by atoms with van der Waals surface area (Å²) >= 11 is 0. The van der Waals surface area contributed by atoms with E-state index in [2.05, 4.69) is 5.32 Å². The van der Waals surface area contributed by atoms with Gasteiger partial charge in [-0.25, -0.2) is 0 Å². The number of hydrogen-bond acceptors (Lipinski definition) is 3. The van der Waals surface area contributed by atoms with Crippen molar-refractivity contribution in [2.45, 2.75) is 31.2 Å². The van der Waals surface area contributed by atoms with Gasteiger partial charge >= 0.3 is 6.18 Å². The summed E-state index contributed by atoms with van der Waals surface area (Å²) < 4.78 is 44.8. The first-order valence-corrected chi connectivity index (χ1v) is 8.10. The maximum Gasteiger partial charge on any atom is 0.416 e. The predicted molar refractivity (Wildman–Crippen MR) is 83.6 cm³/mol. The lowest BCUT2D eigenvalue weighted by Crippen LogP contribution is -2.41. The van der Waals surface area contributed by atoms with Crippen LogP contribution >= 0.6 is 0 Å². The summed E-state index contributed by atoms with van der Waals surface area (Å²) in [6, 6.07) is 3.83. The number of alkyl halides is 3. The molecule has 3 nitrogen and oxygen atoms in total. The average molecular weight is 337 g/mol. The normalized spacial score (nSPS) is 31.9. The Hall–Kier alpha value is -1.95. The lowest BCUT2D eigenvalue weighted by Gasteiger charge is -2.40. The van der Waals surface area contributed by atoms with E-state index in [1.165, 1.54) is 12.1 Å². The topological polar surface area (TPSA) is 41.5 Å². The van der Waals surface area contributed by atoms with E-state index in [9.17, 15) is 18.3 Å². The number of aliphatic hydroxyl groups excluding tert-OH is 1. The van der Waals surface area contributed by atoms with Gasteiger partial charge in [0.15, 0.2) is 0 Å². The molecule has 1 fully saturated rings. The van der Waals surface area contributed by atoms with Crippen molar-refractivity contribution in [1.82, 2.24) is 0 Å². The second kappa shape index (κ2) is 5.55. The Morgan fingerprint density at radius 1 is 1.25 bits per heavy atom. The van der Waals surface area contributed by atoms with E-state index in [-0.39, 0.29) is 29.7 Å². The van der Waals surface area contributed by atoms with Gasteiger partial charge in [0.05, 0.1) is 11.7 Å². The number of benzene rings is 1. The summed E-state index contributed by atoms with van der Waals surface area (Å²) in [6.07, 6.45) is 2.33. The van der Waals surface area contributed by atoms with Gasteiger partial charge in [-0.2, -0.15) is 13.2 Å². The molecule has 2 heterocycles. The van der Waals surface area contributed by atoms with Crippen molar-refractivity contribution in [1.29, 1.82) is 0 Å². The molecule has 2 aliphatic heterocycles. The Kier molecular flexibility index (Phi) is 3.60. The molecule has 1 aromatic rings. The van der Waals surface area contributed by atoms with Gasteiger partial charge in [-0.3, -0.25) is 0 Å². The second-order valence-electron chi connectivity index (χ2n) is 6.61. The smallest absolute Gasteiger partial charge is 0.416 e. The first kappa shape index (κ1) is 15.6. The van der Waals surface area contributed by atoms with Gasteiger partial charge in [-0.05, 0) is 43.2 Å². The van der Waals surface area contributed by atoms with Gasteiger partial charge in [-0.15, -0.1) is 0 Å². The summed E-state index contributed by atoms with van der Waals surface area (Å²) in [4.78, 5) is 0. The fourth-order valence-electron chi connectivity index (χ4n) is 4.05. The van der Waals surface area contributed by atoms with Crippen LogP contribution in [0.15, 0.2) is 42.2 Å². The van der Waals surface area contributed by atoms with Crippen LogP contribution in [0.2, 0.25) is 0 Å². The minimum atomic E-state index is -4.36. The van der Waals surface area contributed by atoms with E-state index in [1.807, 2.05) is 12.2 Å². The summed E-state index contributed by atoms with van der Waals surface area (Å²) in [5.74, 6) is 0.433. The third-order valence-corrected chi connectivity index (χ3v) is 5.15. The molecule has 0 saturated carbocycles. The van der Waals surface area contributed by atoms with Crippen LogP contribution in [0.3, 0.4) is 0 Å². The van der Waals surface area contributed by atoms with Crippen LogP contribution in [0, 0.1) is 11.8 Å². The zero-order chi connectivity index (χ0) is 16.9. The van der Waals surface area contributed by atoms with E-state index in [0.717, 1.165) is 18.9 Å². The molecular weight excluding hydrogens is 319 g/mol. The number of hydrogen-bond donors (Lipinski definition) is 2. The minimum absolute atomic E-state index is 0.0360. The molecule has 4 atom stereocenters. The molecule has 4 rings (SSSR count). The highest BCUT2D eigenvalue weighted by atomic mass is 19.4. The first-order chi connectivity index (χ1) is 11.4. The van der Waals surface area contributed by atoms with E-state index in [4.69, 9.17) is 4.74 Å². The quantitative estimate of drug-likeness (QED) is 0.787. The van der Waals surface area contributed by atoms with Gasteiger partial charge in [-0.1, -0.05) is 6.08 Å². The number of anilines is 1. The molecule has 1 aromatic carbocycles. The van der Waals surface area contributed by atoms with Crippen LogP contribution in [0.4, 0.5) is 18.9 Å². The molecular formula is C18H18F3NO2. The minimum Gasteiger partial charge on any atom is -0.508 e. The third kappa shape index (κ3) is 2.59. The Balaban J connectivity index is 1.70. The monoisotopic (exact) mass is 337 g/mol. The predicted octanol–water partition coefficient (Wildman–Crippen LogP) is 4.60. The van der Waals surface area contributed by atoms with E-state index in [1.54, 1.807) is 6.08 Å². The van der Waals surface area contributed by atoms with Crippen LogP contribution in [-0.2, 0) is 10.9 Å². The molecule has 1 saturated heterocycles. The number of halogens is 3. The molecule has 0 bridgehead atoms. The highest BCUT2D eigenvalue weighted by Gasteiger charge is 2.44. The molecule has 6 heteroatoms. The van der Waals surface area contributed by atoms with Crippen LogP contribution in [-0.4, -0.2) is 17.8 Å². The van der Waals surface area contributed by atoms with E-state index >= 15 is 0 Å². The maximum atomic E-state index is 13.0. The molecule has 1 unspecified atom stereocenters. The van der Waals surface area contributed by atoms with Gasteiger partial charge in [0.1, 0.15) is 5.76 Å². The van der Waals surface area contributed by atoms with Crippen LogP contribution < -0.4 is 5.32 Å². The Morgan fingerprint density at radius 2 is 2.08 bits per heavy atom. The molecule has 0 amide bonds. The fraction of sp³-hybridized carbons (Fsp3) is 0.444. The van der Waals surface area contributed by atoms with Gasteiger partial charge in [0, 0.05) is 35.7 Å². The number of fused-ring (bicyclic) bond motifs is 3. The Bertz CT molecular complexity index is 711. The molecule has 0 aromatic heterocycles. The zero-order valence-corrected chi connectivity index (χ0v) is 12.9. The Morgan fingerprint density at radius 3 is 2.83 bits per heavy atom. The third-order valence-electron chi connectivity index (χ3n) is 5.15. The molecule has 1 aliphatic carbocycles. The fourth-order valence-corrected chi connectivity index (χ4v) is 4.05. The molecule has 2 N–H and O–H groups in total. The molecule has 0 spiro atoms. The maximum absolute atomic E-state index is 13.0. The van der Waals surface area contributed by atoms with Crippen molar-refractivity contribution in [3.8, 4) is 0 Å². The number of aliphatic hydroxyl groups is 1. The highest BCUT2D eigenvalue weighted by Crippen LogP contribution is 2.48. The number of rotatable bonds is 1. The average Bonchev–Trinajstić information content (AvgIpc) is 3.02. The number of ether oxygens (including phenoxy) is 1. The number of allylic oxidation sites excluding steroid dienone is 2. The summed E-state index contributed by atoms with van der Waals surface area (Å²) in [5.41, 5.74) is 0.635. The lowest BCUT2D eigenvalue weighted by molar-refractivity contribution is -0.137. The number of nitrogens with one attached hydrogen (secondary N) is 1. The molecule has 128 valence electrons. The summed E-state index contributed by atoms with van der Waals surface area (Å²) in [5, 5.41) is 13.2. The van der Waals surface area contributed by atoms with Gasteiger partial charge in [0.2, 0.25) is 0 Å². The van der Waals surface area contributed by atoms with Crippen LogP contribution in [0.5, 0.6) is 0 Å². The SMILES string of the molecule is OC1=CC([C@@H]2Nc3ccc(C(F)(F)F)cc3[C@H]3OCC[C@H]32)CC=C1. The van der Waals surface area contributed by atoms with Crippen molar-refractivity contribution in [3.05, 3.63) is 53.3 Å². The standard InChI is InChI=1S/C18H18F3NO2/c19-18(20,21)11-4-5-15-14(9-11)17-13(6-7-24-17)16(22-15)10-2-1-3-12(23)8-10/h1,3-5,8-10,13,16-17,22-23H,2,6-7H2/t10?,13-,16-,17-/m0/s1. The van der Waals surface area contributed by atoms with Gasteiger partial charge in [0.25, 0.3) is 0 Å².